The molecule has 0 radical (unpaired) electrons. The van der Waals surface area contributed by atoms with E-state index in [4.69, 9.17) is 14.2 Å². The Morgan fingerprint density at radius 2 is 1.77 bits per heavy atom. The van der Waals surface area contributed by atoms with Gasteiger partial charge in [0.1, 0.15) is 11.6 Å². The van der Waals surface area contributed by atoms with Crippen LogP contribution in [0.3, 0.4) is 0 Å². The van der Waals surface area contributed by atoms with Crippen molar-refractivity contribution >= 4 is 6.09 Å². The van der Waals surface area contributed by atoms with E-state index in [1.165, 1.54) is 6.07 Å². The molecule has 3 saturated heterocycles. The molecule has 1 aromatic rings. The van der Waals surface area contributed by atoms with Gasteiger partial charge in [-0.15, -0.1) is 0 Å². The molecule has 172 valence electrons. The largest absolute Gasteiger partial charge is 0.496 e. The number of rotatable bonds is 5. The van der Waals surface area contributed by atoms with Crippen molar-refractivity contribution in [1.82, 2.24) is 9.80 Å². The number of halogens is 1. The summed E-state index contributed by atoms with van der Waals surface area (Å²) in [5.74, 6) is 0.405. The van der Waals surface area contributed by atoms with Gasteiger partial charge in [0.25, 0.3) is 0 Å². The summed E-state index contributed by atoms with van der Waals surface area (Å²) >= 11 is 0. The first kappa shape index (κ1) is 22.3. The Balaban J connectivity index is 1.45. The molecule has 2 bridgehead atoms. The molecule has 4 rings (SSSR count). The molecule has 3 unspecified atom stereocenters. The van der Waals surface area contributed by atoms with Gasteiger partial charge in [-0.05, 0) is 70.1 Å². The van der Waals surface area contributed by atoms with E-state index in [1.807, 2.05) is 11.8 Å². The number of hydrogen-bond acceptors (Lipinski definition) is 5. The van der Waals surface area contributed by atoms with Gasteiger partial charge in [0.05, 0.1) is 19.3 Å². The zero-order valence-electron chi connectivity index (χ0n) is 18.9. The van der Waals surface area contributed by atoms with Crippen LogP contribution in [0.4, 0.5) is 9.18 Å². The Labute approximate surface area is 184 Å². The monoisotopic (exact) mass is 434 g/mol. The molecular formula is C24H35FN2O4. The maximum atomic E-state index is 14.0. The summed E-state index contributed by atoms with van der Waals surface area (Å²) in [5, 5.41) is 0. The number of piperidine rings is 1. The van der Waals surface area contributed by atoms with Gasteiger partial charge in [-0.25, -0.2) is 9.18 Å². The third-order valence-corrected chi connectivity index (χ3v) is 7.64. The van der Waals surface area contributed by atoms with Crippen molar-refractivity contribution in [3.8, 4) is 5.75 Å². The molecule has 0 spiro atoms. The summed E-state index contributed by atoms with van der Waals surface area (Å²) in [4.78, 5) is 17.1. The van der Waals surface area contributed by atoms with Gasteiger partial charge in [-0.1, -0.05) is 0 Å². The van der Waals surface area contributed by atoms with E-state index in [-0.39, 0.29) is 18.0 Å². The van der Waals surface area contributed by atoms with Gasteiger partial charge in [-0.3, -0.25) is 0 Å². The second kappa shape index (κ2) is 9.33. The summed E-state index contributed by atoms with van der Waals surface area (Å²) in [7, 11) is 3.33. The topological polar surface area (TPSA) is 51.2 Å². The number of hydrogen-bond donors (Lipinski definition) is 0. The smallest absolute Gasteiger partial charge is 0.410 e. The maximum absolute atomic E-state index is 14.0. The molecule has 0 N–H and O–H groups in total. The van der Waals surface area contributed by atoms with E-state index >= 15 is 0 Å². The van der Waals surface area contributed by atoms with Crippen LogP contribution in [0.2, 0.25) is 0 Å². The highest BCUT2D eigenvalue weighted by molar-refractivity contribution is 5.69. The van der Waals surface area contributed by atoms with Crippen molar-refractivity contribution in [1.29, 1.82) is 0 Å². The first-order chi connectivity index (χ1) is 15.0. The lowest BCUT2D eigenvalue weighted by Gasteiger charge is -2.44. The normalized spacial score (nSPS) is 28.3. The van der Waals surface area contributed by atoms with Crippen molar-refractivity contribution in [2.24, 2.45) is 0 Å². The summed E-state index contributed by atoms with van der Waals surface area (Å²) in [6, 6.07) is 5.71. The van der Waals surface area contributed by atoms with Crippen LogP contribution in [0.5, 0.6) is 5.75 Å². The second-order valence-corrected chi connectivity index (χ2v) is 9.04. The molecule has 0 aliphatic carbocycles. The van der Waals surface area contributed by atoms with Crippen LogP contribution < -0.4 is 4.74 Å². The average molecular weight is 435 g/mol. The van der Waals surface area contributed by atoms with Crippen LogP contribution >= 0.6 is 0 Å². The van der Waals surface area contributed by atoms with E-state index < -0.39 is 5.60 Å². The van der Waals surface area contributed by atoms with Crippen molar-refractivity contribution in [3.63, 3.8) is 0 Å². The van der Waals surface area contributed by atoms with Gasteiger partial charge < -0.3 is 24.0 Å². The maximum Gasteiger partial charge on any atom is 0.410 e. The Bertz CT molecular complexity index is 781. The fraction of sp³-hybridized carbons (Fsp3) is 0.708. The number of carbonyl (C=O) groups is 1. The highest BCUT2D eigenvalue weighted by atomic mass is 19.1. The average Bonchev–Trinajstić information content (AvgIpc) is 3.08. The number of ether oxygens (including phenoxy) is 3. The summed E-state index contributed by atoms with van der Waals surface area (Å²) < 4.78 is 30.9. The van der Waals surface area contributed by atoms with Crippen molar-refractivity contribution < 1.29 is 23.4 Å². The molecule has 1 aromatic carbocycles. The van der Waals surface area contributed by atoms with E-state index in [0.29, 0.717) is 24.4 Å². The predicted molar refractivity (Wildman–Crippen MR) is 116 cm³/mol. The number of likely N-dealkylation sites (tertiary alicyclic amines) is 1. The summed E-state index contributed by atoms with van der Waals surface area (Å²) in [5.41, 5.74) is 0.260. The van der Waals surface area contributed by atoms with Crippen molar-refractivity contribution in [2.75, 3.05) is 33.9 Å². The standard InChI is InChI=1S/C24H35FN2O4/c1-4-31-23(28)27-18-6-8-19(16-20(27)9-7-18)26-13-11-24(30-3,12-14-26)21-15-17(25)5-10-22(21)29-2/h5,10,15,18-20H,4,6-9,11-14,16H2,1-3H3. The summed E-state index contributed by atoms with van der Waals surface area (Å²) in [6.45, 7) is 4.06. The van der Waals surface area contributed by atoms with Crippen LogP contribution in [0, 0.1) is 5.82 Å². The van der Waals surface area contributed by atoms with Crippen molar-refractivity contribution in [2.45, 2.75) is 75.6 Å². The van der Waals surface area contributed by atoms with Gasteiger partial charge in [0, 0.05) is 43.9 Å². The van der Waals surface area contributed by atoms with E-state index in [9.17, 15) is 9.18 Å². The Morgan fingerprint density at radius 1 is 1.10 bits per heavy atom. The molecule has 3 aliphatic heterocycles. The quantitative estimate of drug-likeness (QED) is 0.691. The molecule has 3 aliphatic rings. The van der Waals surface area contributed by atoms with E-state index in [1.54, 1.807) is 26.4 Å². The molecule has 3 fully saturated rings. The van der Waals surface area contributed by atoms with Gasteiger partial charge in [0.2, 0.25) is 0 Å². The molecular weight excluding hydrogens is 399 g/mol. The molecule has 0 aromatic heterocycles. The molecule has 6 nitrogen and oxygen atoms in total. The Morgan fingerprint density at radius 3 is 2.42 bits per heavy atom. The van der Waals surface area contributed by atoms with Crippen LogP contribution in [0.25, 0.3) is 0 Å². The van der Waals surface area contributed by atoms with Crippen LogP contribution in [-0.2, 0) is 15.1 Å². The van der Waals surface area contributed by atoms with E-state index in [2.05, 4.69) is 4.90 Å². The lowest BCUT2D eigenvalue weighted by Crippen LogP contribution is -2.49. The highest BCUT2D eigenvalue weighted by Crippen LogP contribution is 2.43. The zero-order valence-corrected chi connectivity index (χ0v) is 18.9. The first-order valence-electron chi connectivity index (χ1n) is 11.6. The number of benzene rings is 1. The molecule has 3 atom stereocenters. The minimum atomic E-state index is -0.537. The SMILES string of the molecule is CCOC(=O)N1C2CCC(N3CCC(OC)(c4cc(F)ccc4OC)CC3)CC1CC2. The fourth-order valence-electron chi connectivity index (χ4n) is 5.99. The van der Waals surface area contributed by atoms with Crippen LogP contribution in [-0.4, -0.2) is 67.9 Å². The molecule has 3 heterocycles. The van der Waals surface area contributed by atoms with Crippen LogP contribution in [0.15, 0.2) is 18.2 Å². The van der Waals surface area contributed by atoms with Crippen LogP contribution in [0.1, 0.15) is 57.4 Å². The molecule has 0 saturated carbocycles. The highest BCUT2D eigenvalue weighted by Gasteiger charge is 2.45. The number of amides is 1. The third-order valence-electron chi connectivity index (χ3n) is 7.64. The van der Waals surface area contributed by atoms with Gasteiger partial charge in [0.15, 0.2) is 0 Å². The minimum absolute atomic E-state index is 0.147. The molecule has 1 amide bonds. The lowest BCUT2D eigenvalue weighted by atomic mass is 9.82. The number of methoxy groups -OCH3 is 2. The third kappa shape index (κ3) is 4.27. The van der Waals surface area contributed by atoms with Crippen molar-refractivity contribution in [3.05, 3.63) is 29.6 Å². The Kier molecular flexibility index (Phi) is 6.72. The number of fused-ring (bicyclic) bond motifs is 2. The van der Waals surface area contributed by atoms with Gasteiger partial charge in [-0.2, -0.15) is 0 Å². The first-order valence-corrected chi connectivity index (χ1v) is 11.6. The predicted octanol–water partition coefficient (Wildman–Crippen LogP) is 4.31. The Hall–Kier alpha value is -1.86. The zero-order chi connectivity index (χ0) is 22.0. The number of nitrogens with zero attached hydrogens (tertiary/aromatic N) is 2. The second-order valence-electron chi connectivity index (χ2n) is 9.04. The van der Waals surface area contributed by atoms with E-state index in [0.717, 1.165) is 63.6 Å². The van der Waals surface area contributed by atoms with Gasteiger partial charge >= 0.3 is 6.09 Å². The minimum Gasteiger partial charge on any atom is -0.496 e. The molecule has 31 heavy (non-hydrogen) atoms. The molecule has 7 heteroatoms. The number of carbonyl (C=O) groups excluding carboxylic acids is 1. The fourth-order valence-corrected chi connectivity index (χ4v) is 5.99. The lowest BCUT2D eigenvalue weighted by molar-refractivity contribution is -0.0720. The summed E-state index contributed by atoms with van der Waals surface area (Å²) in [6.07, 6.45) is 6.71.